The van der Waals surface area contributed by atoms with Gasteiger partial charge in [0.2, 0.25) is 0 Å². The van der Waals surface area contributed by atoms with E-state index < -0.39 is 0 Å². The Labute approximate surface area is 182 Å². The first kappa shape index (κ1) is 20.9. The van der Waals surface area contributed by atoms with E-state index in [-0.39, 0.29) is 6.61 Å². The summed E-state index contributed by atoms with van der Waals surface area (Å²) in [6.45, 7) is 5.03. The second-order valence-electron chi connectivity index (χ2n) is 7.62. The summed E-state index contributed by atoms with van der Waals surface area (Å²) in [4.78, 5) is 0. The van der Waals surface area contributed by atoms with Gasteiger partial charge in [0, 0.05) is 24.1 Å². The molecule has 2 N–H and O–H groups in total. The van der Waals surface area contributed by atoms with Crippen molar-refractivity contribution in [2.45, 2.75) is 52.7 Å². The highest BCUT2D eigenvalue weighted by molar-refractivity contribution is 5.80. The van der Waals surface area contributed by atoms with Crippen LogP contribution >= 0.6 is 0 Å². The maximum atomic E-state index is 9.98. The maximum absolute atomic E-state index is 9.98. The molecule has 7 nitrogen and oxygen atoms in total. The zero-order chi connectivity index (χ0) is 21.6. The van der Waals surface area contributed by atoms with Gasteiger partial charge in [0.15, 0.2) is 5.82 Å². The lowest BCUT2D eigenvalue weighted by Gasteiger charge is -2.10. The molecule has 0 amide bonds. The smallest absolute Gasteiger partial charge is 0.180 e. The Morgan fingerprint density at radius 2 is 1.77 bits per heavy atom. The van der Waals surface area contributed by atoms with Gasteiger partial charge in [0.05, 0.1) is 18.0 Å². The van der Waals surface area contributed by atoms with Gasteiger partial charge < -0.3 is 5.11 Å². The third-order valence-corrected chi connectivity index (χ3v) is 5.64. The van der Waals surface area contributed by atoms with Crippen molar-refractivity contribution >= 4 is 0 Å². The molecule has 31 heavy (non-hydrogen) atoms. The molecule has 0 radical (unpaired) electrons. The summed E-state index contributed by atoms with van der Waals surface area (Å²) >= 11 is 0. The number of aliphatic hydroxyl groups is 1. The van der Waals surface area contributed by atoms with Crippen molar-refractivity contribution in [3.05, 3.63) is 71.0 Å². The number of aromatic nitrogens is 6. The van der Waals surface area contributed by atoms with Crippen LogP contribution in [-0.4, -0.2) is 35.5 Å². The minimum absolute atomic E-state index is 0.0129. The first-order valence-corrected chi connectivity index (χ1v) is 10.9. The van der Waals surface area contributed by atoms with Gasteiger partial charge in [-0.25, -0.2) is 5.10 Å². The molecule has 0 aliphatic rings. The molecule has 4 rings (SSSR count). The van der Waals surface area contributed by atoms with E-state index in [1.807, 2.05) is 22.9 Å². The Kier molecular flexibility index (Phi) is 6.52. The summed E-state index contributed by atoms with van der Waals surface area (Å²) < 4.78 is 1.94. The van der Waals surface area contributed by atoms with E-state index in [4.69, 9.17) is 5.10 Å². The van der Waals surface area contributed by atoms with E-state index in [0.29, 0.717) is 5.82 Å². The normalized spacial score (nSPS) is 11.2. The highest BCUT2D eigenvalue weighted by Gasteiger charge is 2.17. The highest BCUT2D eigenvalue weighted by Crippen LogP contribution is 2.30. The summed E-state index contributed by atoms with van der Waals surface area (Å²) in [5.74, 6) is 0.653. The molecule has 0 bridgehead atoms. The largest absolute Gasteiger partial charge is 0.390 e. The molecule has 0 saturated carbocycles. The quantitative estimate of drug-likeness (QED) is 0.427. The number of aromatic amines is 1. The monoisotopic (exact) mass is 416 g/mol. The van der Waals surface area contributed by atoms with Crippen molar-refractivity contribution in [3.63, 3.8) is 0 Å². The molecule has 0 fully saturated rings. The first-order valence-electron chi connectivity index (χ1n) is 10.9. The predicted octanol–water partition coefficient (Wildman–Crippen LogP) is 4.18. The van der Waals surface area contributed by atoms with Gasteiger partial charge >= 0.3 is 0 Å². The number of aryl methyl sites for hydroxylation is 2. The summed E-state index contributed by atoms with van der Waals surface area (Å²) in [7, 11) is 0. The van der Waals surface area contributed by atoms with Crippen LogP contribution in [0.2, 0.25) is 0 Å². The summed E-state index contributed by atoms with van der Waals surface area (Å²) in [5.41, 5.74) is 7.55. The van der Waals surface area contributed by atoms with Gasteiger partial charge in [-0.1, -0.05) is 61.9 Å². The van der Waals surface area contributed by atoms with Crippen molar-refractivity contribution in [2.24, 2.45) is 0 Å². The van der Waals surface area contributed by atoms with Gasteiger partial charge in [-0.2, -0.15) is 5.10 Å². The van der Waals surface area contributed by atoms with Gasteiger partial charge in [-0.05, 0) is 46.9 Å². The first-order chi connectivity index (χ1) is 15.2. The second-order valence-corrected chi connectivity index (χ2v) is 7.62. The van der Waals surface area contributed by atoms with Gasteiger partial charge in [0.1, 0.15) is 0 Å². The zero-order valence-electron chi connectivity index (χ0n) is 18.0. The number of nitrogens with zero attached hydrogens (tertiary/aromatic N) is 5. The number of H-pyrrole nitrogens is 1. The van der Waals surface area contributed by atoms with E-state index in [1.54, 1.807) is 0 Å². The fourth-order valence-corrected chi connectivity index (χ4v) is 4.00. The Bertz CT molecular complexity index is 1120. The van der Waals surface area contributed by atoms with Crippen LogP contribution in [0.3, 0.4) is 0 Å². The van der Waals surface area contributed by atoms with Gasteiger partial charge in [0.25, 0.3) is 0 Å². The molecule has 7 heteroatoms. The van der Waals surface area contributed by atoms with Gasteiger partial charge in [-0.15, -0.1) is 5.10 Å². The number of rotatable bonds is 9. The van der Waals surface area contributed by atoms with Crippen molar-refractivity contribution in [2.75, 3.05) is 0 Å². The molecule has 0 spiro atoms. The molecule has 2 aromatic carbocycles. The van der Waals surface area contributed by atoms with E-state index in [0.717, 1.165) is 60.3 Å². The molecule has 0 atom stereocenters. The van der Waals surface area contributed by atoms with E-state index in [1.165, 1.54) is 11.1 Å². The minimum Gasteiger partial charge on any atom is -0.390 e. The fraction of sp³-hybridized carbons (Fsp3) is 0.333. The average Bonchev–Trinajstić information content (AvgIpc) is 3.46. The molecule has 0 unspecified atom stereocenters. The number of unbranched alkanes of at least 4 members (excludes halogenated alkanes) is 1. The van der Waals surface area contributed by atoms with Crippen LogP contribution in [0.5, 0.6) is 0 Å². The standard InChI is InChI=1S/C24H28N6O/c1-3-5-10-22-21(23(16-31)30(4-2)27-22)15-17-11-13-18(14-12-17)19-8-6-7-9-20(19)24-25-28-29-26-24/h6-9,11-14,31H,3-5,10,15-16H2,1-2H3,(H,25,26,28,29). The molecule has 0 aliphatic heterocycles. The molecule has 2 heterocycles. The lowest BCUT2D eigenvalue weighted by Crippen LogP contribution is -2.04. The number of benzene rings is 2. The van der Waals surface area contributed by atoms with Crippen LogP contribution in [0.4, 0.5) is 0 Å². The molecule has 160 valence electrons. The van der Waals surface area contributed by atoms with E-state index in [9.17, 15) is 5.11 Å². The minimum atomic E-state index is 0.0129. The van der Waals surface area contributed by atoms with Crippen molar-refractivity contribution in [3.8, 4) is 22.5 Å². The summed E-state index contributed by atoms with van der Waals surface area (Å²) in [6.07, 6.45) is 3.94. The summed E-state index contributed by atoms with van der Waals surface area (Å²) in [5, 5.41) is 29.1. The topological polar surface area (TPSA) is 92.5 Å². The van der Waals surface area contributed by atoms with Crippen molar-refractivity contribution < 1.29 is 5.11 Å². The second kappa shape index (κ2) is 9.66. The Balaban J connectivity index is 1.63. The Morgan fingerprint density at radius 1 is 1.00 bits per heavy atom. The van der Waals surface area contributed by atoms with Gasteiger partial charge in [-0.3, -0.25) is 4.68 Å². The molecule has 2 aromatic heterocycles. The molecule has 0 aliphatic carbocycles. The highest BCUT2D eigenvalue weighted by atomic mass is 16.3. The van der Waals surface area contributed by atoms with Crippen LogP contribution in [0.25, 0.3) is 22.5 Å². The Hall–Kier alpha value is -3.32. The van der Waals surface area contributed by atoms with Crippen molar-refractivity contribution in [1.29, 1.82) is 0 Å². The zero-order valence-corrected chi connectivity index (χ0v) is 18.0. The van der Waals surface area contributed by atoms with E-state index in [2.05, 4.69) is 64.8 Å². The fourth-order valence-electron chi connectivity index (χ4n) is 4.00. The van der Waals surface area contributed by atoms with Crippen LogP contribution < -0.4 is 0 Å². The number of nitrogens with one attached hydrogen (secondary N) is 1. The number of aliphatic hydroxyl groups excluding tert-OH is 1. The molecular formula is C24H28N6O. The Morgan fingerprint density at radius 3 is 2.42 bits per heavy atom. The third kappa shape index (κ3) is 4.41. The van der Waals surface area contributed by atoms with E-state index >= 15 is 0 Å². The lowest BCUT2D eigenvalue weighted by atomic mass is 9.95. The van der Waals surface area contributed by atoms with Crippen molar-refractivity contribution in [1.82, 2.24) is 30.4 Å². The predicted molar refractivity (Wildman–Crippen MR) is 120 cm³/mol. The number of hydrogen-bond donors (Lipinski definition) is 2. The third-order valence-electron chi connectivity index (χ3n) is 5.64. The SMILES string of the molecule is CCCCc1nn(CC)c(CO)c1Cc1ccc(-c2ccccc2-c2nnn[nH]2)cc1. The molecule has 4 aromatic rings. The maximum Gasteiger partial charge on any atom is 0.180 e. The average molecular weight is 417 g/mol. The van der Waals surface area contributed by atoms with Crippen LogP contribution in [0.15, 0.2) is 48.5 Å². The van der Waals surface area contributed by atoms with Crippen LogP contribution in [-0.2, 0) is 26.0 Å². The molecule has 0 saturated heterocycles. The van der Waals surface area contributed by atoms with Crippen LogP contribution in [0, 0.1) is 0 Å². The molecular weight excluding hydrogens is 388 g/mol. The number of hydrogen-bond acceptors (Lipinski definition) is 5. The number of tetrazole rings is 1. The lowest BCUT2D eigenvalue weighted by molar-refractivity contribution is 0.267. The van der Waals surface area contributed by atoms with Crippen LogP contribution in [0.1, 0.15) is 49.2 Å². The summed E-state index contributed by atoms with van der Waals surface area (Å²) in [6, 6.07) is 16.7.